The molecule has 0 radical (unpaired) electrons. The summed E-state index contributed by atoms with van der Waals surface area (Å²) in [6.07, 6.45) is 0. The Morgan fingerprint density at radius 1 is 1.31 bits per heavy atom. The number of anilines is 1. The first-order valence-corrected chi connectivity index (χ1v) is 6.23. The molecule has 16 heavy (non-hydrogen) atoms. The molecule has 0 unspecified atom stereocenters. The van der Waals surface area contributed by atoms with Crippen LogP contribution in [-0.2, 0) is 13.6 Å². The predicted octanol–water partition coefficient (Wildman–Crippen LogP) is 2.95. The van der Waals surface area contributed by atoms with Crippen molar-refractivity contribution in [2.75, 3.05) is 5.32 Å². The normalized spacial score (nSPS) is 10.4. The molecule has 0 atom stereocenters. The molecule has 0 aliphatic carbocycles. The van der Waals surface area contributed by atoms with E-state index < -0.39 is 0 Å². The quantitative estimate of drug-likeness (QED) is 0.879. The lowest BCUT2D eigenvalue weighted by molar-refractivity contribution is 0.758. The van der Waals surface area contributed by atoms with Gasteiger partial charge in [-0.05, 0) is 35.1 Å². The predicted molar refractivity (Wildman–Crippen MR) is 74.4 cm³/mol. The van der Waals surface area contributed by atoms with Gasteiger partial charge in [0, 0.05) is 13.6 Å². The number of hydrogen-bond donors (Lipinski definition) is 1. The number of rotatable bonds is 3. The number of benzene rings is 1. The number of aromatic nitrogens is 2. The van der Waals surface area contributed by atoms with Crippen molar-refractivity contribution < 1.29 is 0 Å². The third-order valence-electron chi connectivity index (χ3n) is 2.45. The molecule has 2 rings (SSSR count). The van der Waals surface area contributed by atoms with Gasteiger partial charge in [0.05, 0.1) is 9.26 Å². The summed E-state index contributed by atoms with van der Waals surface area (Å²) >= 11 is 2.32. The molecule has 0 bridgehead atoms. The van der Waals surface area contributed by atoms with Crippen molar-refractivity contribution in [3.05, 3.63) is 45.2 Å². The molecule has 0 fully saturated rings. The zero-order valence-corrected chi connectivity index (χ0v) is 11.5. The van der Waals surface area contributed by atoms with Crippen LogP contribution in [0.1, 0.15) is 11.3 Å². The highest BCUT2D eigenvalue weighted by Gasteiger charge is 2.09. The summed E-state index contributed by atoms with van der Waals surface area (Å²) < 4.78 is 3.08. The lowest BCUT2D eigenvalue weighted by Gasteiger charge is -2.07. The molecule has 0 spiro atoms. The lowest BCUT2D eigenvalue weighted by atomic mass is 10.2. The minimum Gasteiger partial charge on any atom is -0.365 e. The van der Waals surface area contributed by atoms with E-state index in [-0.39, 0.29) is 0 Å². The third kappa shape index (κ3) is 2.37. The zero-order valence-electron chi connectivity index (χ0n) is 9.37. The molecule has 2 aromatic rings. The van der Waals surface area contributed by atoms with Crippen molar-refractivity contribution >= 4 is 28.4 Å². The van der Waals surface area contributed by atoms with E-state index in [1.165, 1.54) is 9.13 Å². The number of nitrogens with one attached hydrogen (secondary N) is 1. The van der Waals surface area contributed by atoms with Gasteiger partial charge in [-0.25, -0.2) is 0 Å². The summed E-state index contributed by atoms with van der Waals surface area (Å²) in [7, 11) is 1.96. The smallest absolute Gasteiger partial charge is 0.138 e. The van der Waals surface area contributed by atoms with Crippen LogP contribution in [0, 0.1) is 10.5 Å². The second kappa shape index (κ2) is 4.86. The van der Waals surface area contributed by atoms with Crippen molar-refractivity contribution in [2.24, 2.45) is 7.05 Å². The molecule has 0 saturated carbocycles. The molecule has 1 heterocycles. The van der Waals surface area contributed by atoms with E-state index in [9.17, 15) is 0 Å². The van der Waals surface area contributed by atoms with Crippen LogP contribution >= 0.6 is 22.6 Å². The second-order valence-electron chi connectivity index (χ2n) is 3.71. The minimum atomic E-state index is 0.829. The van der Waals surface area contributed by atoms with Crippen LogP contribution in [0.3, 0.4) is 0 Å². The number of nitrogens with zero attached hydrogens (tertiary/aromatic N) is 2. The fourth-order valence-electron chi connectivity index (χ4n) is 1.61. The SMILES string of the molecule is Cc1nn(C)c(NCc2ccccc2)c1I. The Hall–Kier alpha value is -1.04. The van der Waals surface area contributed by atoms with Gasteiger partial charge in [-0.2, -0.15) is 5.10 Å². The number of aryl methyl sites for hydroxylation is 2. The van der Waals surface area contributed by atoms with Crippen molar-refractivity contribution in [3.8, 4) is 0 Å². The Labute approximate surface area is 109 Å². The van der Waals surface area contributed by atoms with Crippen molar-refractivity contribution in [1.82, 2.24) is 9.78 Å². The Bertz CT molecular complexity index is 477. The molecule has 1 aromatic carbocycles. The molecule has 4 heteroatoms. The third-order valence-corrected chi connectivity index (χ3v) is 3.74. The van der Waals surface area contributed by atoms with Crippen LogP contribution in [0.2, 0.25) is 0 Å². The zero-order chi connectivity index (χ0) is 11.5. The van der Waals surface area contributed by atoms with E-state index in [4.69, 9.17) is 0 Å². The van der Waals surface area contributed by atoms with Crippen LogP contribution < -0.4 is 5.32 Å². The Morgan fingerprint density at radius 3 is 2.56 bits per heavy atom. The van der Waals surface area contributed by atoms with Gasteiger partial charge in [-0.15, -0.1) is 0 Å². The fourth-order valence-corrected chi connectivity index (χ4v) is 2.25. The molecule has 0 aliphatic heterocycles. The standard InChI is InChI=1S/C12H14IN3/c1-9-11(13)12(16(2)15-9)14-8-10-6-4-3-5-7-10/h3-7,14H,8H2,1-2H3. The Morgan fingerprint density at radius 2 is 2.00 bits per heavy atom. The maximum atomic E-state index is 4.37. The van der Waals surface area contributed by atoms with Crippen LogP contribution in [0.25, 0.3) is 0 Å². The summed E-state index contributed by atoms with van der Waals surface area (Å²) in [5.74, 6) is 1.09. The maximum Gasteiger partial charge on any atom is 0.138 e. The Kier molecular flexibility index (Phi) is 3.48. The largest absolute Gasteiger partial charge is 0.365 e. The first kappa shape index (κ1) is 11.4. The summed E-state index contributed by atoms with van der Waals surface area (Å²) in [6, 6.07) is 10.4. The van der Waals surface area contributed by atoms with E-state index in [2.05, 4.69) is 57.3 Å². The second-order valence-corrected chi connectivity index (χ2v) is 4.79. The molecule has 0 aliphatic rings. The first-order chi connectivity index (χ1) is 7.68. The molecule has 3 nitrogen and oxygen atoms in total. The van der Waals surface area contributed by atoms with Crippen LogP contribution in [-0.4, -0.2) is 9.78 Å². The van der Waals surface area contributed by atoms with Gasteiger partial charge in [0.1, 0.15) is 5.82 Å². The summed E-state index contributed by atoms with van der Waals surface area (Å²) in [4.78, 5) is 0. The van der Waals surface area contributed by atoms with Gasteiger partial charge in [-0.1, -0.05) is 30.3 Å². The molecule has 0 saturated heterocycles. The average Bonchev–Trinajstić information content (AvgIpc) is 2.53. The fraction of sp³-hybridized carbons (Fsp3) is 0.250. The molecule has 1 aromatic heterocycles. The van der Waals surface area contributed by atoms with E-state index in [0.717, 1.165) is 18.1 Å². The highest BCUT2D eigenvalue weighted by molar-refractivity contribution is 14.1. The lowest BCUT2D eigenvalue weighted by Crippen LogP contribution is -2.05. The number of hydrogen-bond acceptors (Lipinski definition) is 2. The van der Waals surface area contributed by atoms with Gasteiger partial charge in [-0.3, -0.25) is 4.68 Å². The van der Waals surface area contributed by atoms with E-state index in [1.54, 1.807) is 0 Å². The van der Waals surface area contributed by atoms with E-state index in [1.807, 2.05) is 24.7 Å². The van der Waals surface area contributed by atoms with E-state index >= 15 is 0 Å². The van der Waals surface area contributed by atoms with Crippen molar-refractivity contribution in [2.45, 2.75) is 13.5 Å². The van der Waals surface area contributed by atoms with Crippen molar-refractivity contribution in [1.29, 1.82) is 0 Å². The van der Waals surface area contributed by atoms with Gasteiger partial charge >= 0.3 is 0 Å². The van der Waals surface area contributed by atoms with Crippen LogP contribution in [0.15, 0.2) is 30.3 Å². The number of halogens is 1. The summed E-state index contributed by atoms with van der Waals surface area (Å²) in [6.45, 7) is 2.85. The van der Waals surface area contributed by atoms with Crippen molar-refractivity contribution in [3.63, 3.8) is 0 Å². The topological polar surface area (TPSA) is 29.9 Å². The Balaban J connectivity index is 2.11. The van der Waals surface area contributed by atoms with E-state index in [0.29, 0.717) is 0 Å². The van der Waals surface area contributed by atoms with Gasteiger partial charge in [0.2, 0.25) is 0 Å². The molecular weight excluding hydrogens is 313 g/mol. The first-order valence-electron chi connectivity index (χ1n) is 5.15. The average molecular weight is 327 g/mol. The summed E-state index contributed by atoms with van der Waals surface area (Å²) in [5.41, 5.74) is 2.34. The molecule has 1 N–H and O–H groups in total. The monoisotopic (exact) mass is 327 g/mol. The minimum absolute atomic E-state index is 0.829. The molecule has 0 amide bonds. The van der Waals surface area contributed by atoms with Gasteiger partial charge < -0.3 is 5.32 Å². The van der Waals surface area contributed by atoms with Gasteiger partial charge in [0.15, 0.2) is 0 Å². The van der Waals surface area contributed by atoms with Crippen LogP contribution in [0.4, 0.5) is 5.82 Å². The summed E-state index contributed by atoms with van der Waals surface area (Å²) in [5, 5.41) is 7.78. The van der Waals surface area contributed by atoms with Gasteiger partial charge in [0.25, 0.3) is 0 Å². The molecular formula is C12H14IN3. The van der Waals surface area contributed by atoms with Crippen LogP contribution in [0.5, 0.6) is 0 Å². The highest BCUT2D eigenvalue weighted by atomic mass is 127. The molecule has 84 valence electrons. The highest BCUT2D eigenvalue weighted by Crippen LogP contribution is 2.21. The maximum absolute atomic E-state index is 4.37.